The third-order valence-corrected chi connectivity index (χ3v) is 1.61. The van der Waals surface area contributed by atoms with Crippen molar-refractivity contribution in [3.63, 3.8) is 0 Å². The summed E-state index contributed by atoms with van der Waals surface area (Å²) in [6.07, 6.45) is -4.02. The van der Waals surface area contributed by atoms with Crippen molar-refractivity contribution in [3.05, 3.63) is 0 Å². The smallest absolute Gasteiger partial charge is 0.790 e. The minimum absolute atomic E-state index is 0. The molecule has 2 atom stereocenters. The van der Waals surface area contributed by atoms with Crippen molar-refractivity contribution in [2.45, 2.75) is 12.2 Å². The van der Waals surface area contributed by atoms with Crippen molar-refractivity contribution in [2.24, 2.45) is 0 Å². The van der Waals surface area contributed by atoms with E-state index in [4.69, 9.17) is 15.4 Å². The summed E-state index contributed by atoms with van der Waals surface area (Å²) in [6.45, 7) is -1.07. The molecule has 0 spiro atoms. The Labute approximate surface area is 135 Å². The van der Waals surface area contributed by atoms with Gasteiger partial charge in [0.05, 0.1) is 14.4 Å². The molecule has 0 fully saturated rings. The van der Waals surface area contributed by atoms with Crippen molar-refractivity contribution in [1.29, 1.82) is 0 Å². The Morgan fingerprint density at radius 1 is 1.38 bits per heavy atom. The number of nitrogens with one attached hydrogen (secondary N) is 1. The molecule has 84 valence electrons. The molecule has 0 saturated heterocycles. The minimum Gasteiger partial charge on any atom is -0.790 e. The third kappa shape index (κ3) is 10.6. The summed E-state index contributed by atoms with van der Waals surface area (Å²) in [5.41, 5.74) is 1.01. The van der Waals surface area contributed by atoms with Crippen LogP contribution in [0.4, 0.5) is 0 Å². The number of rotatable bonds is 5. The Morgan fingerprint density at radius 3 is 2.12 bits per heavy atom. The number of carbonyl (C=O) groups is 1. The van der Waals surface area contributed by atoms with Crippen molar-refractivity contribution < 1.29 is 98.2 Å². The van der Waals surface area contributed by atoms with Crippen LogP contribution in [-0.4, -0.2) is 40.1 Å². The van der Waals surface area contributed by atoms with E-state index in [1.807, 2.05) is 0 Å². The molecule has 16 heavy (non-hydrogen) atoms. The van der Waals surface area contributed by atoms with E-state index < -0.39 is 32.5 Å². The van der Waals surface area contributed by atoms with E-state index in [-0.39, 0.29) is 59.1 Å². The molecule has 0 aromatic rings. The molecule has 0 aliphatic rings. The van der Waals surface area contributed by atoms with Crippen molar-refractivity contribution in [3.8, 4) is 0 Å². The number of amides is 1. The number of hydroxylamine groups is 1. The van der Waals surface area contributed by atoms with E-state index in [1.54, 1.807) is 0 Å². The zero-order chi connectivity index (χ0) is 11.4. The number of phosphoric acid groups is 1. The molecule has 0 aromatic heterocycles. The Morgan fingerprint density at radius 2 is 1.81 bits per heavy atom. The molecule has 0 saturated carbocycles. The van der Waals surface area contributed by atoms with Crippen LogP contribution in [0.1, 0.15) is 0 Å². The summed E-state index contributed by atoms with van der Waals surface area (Å²) in [7, 11) is -5.26. The molecular formula is C4H8NNa2O8P. The Balaban J connectivity index is -0.000000845. The molecule has 0 aliphatic carbocycles. The maximum atomic E-state index is 10.4. The maximum absolute atomic E-state index is 10.4. The van der Waals surface area contributed by atoms with Gasteiger partial charge in [-0.3, -0.25) is 10.0 Å². The average Bonchev–Trinajstić information content (AvgIpc) is 2.10. The normalized spacial score (nSPS) is 14.1. The van der Waals surface area contributed by atoms with Gasteiger partial charge in [-0.25, -0.2) is 5.48 Å². The molecule has 0 rings (SSSR count). The number of phosphoric ester groups is 1. The minimum atomic E-state index is -5.26. The van der Waals surface area contributed by atoms with E-state index in [2.05, 4.69) is 4.52 Å². The van der Waals surface area contributed by atoms with Gasteiger partial charge in [0.2, 0.25) is 0 Å². The van der Waals surface area contributed by atoms with Crippen LogP contribution in [0.25, 0.3) is 0 Å². The summed E-state index contributed by atoms with van der Waals surface area (Å²) < 4.78 is 13.5. The summed E-state index contributed by atoms with van der Waals surface area (Å²) in [4.78, 5) is 30.2. The average molecular weight is 275 g/mol. The molecule has 0 unspecified atom stereocenters. The predicted molar refractivity (Wildman–Crippen MR) is 35.5 cm³/mol. The monoisotopic (exact) mass is 275 g/mol. The Hall–Kier alpha value is 1.46. The second-order valence-electron chi connectivity index (χ2n) is 2.23. The van der Waals surface area contributed by atoms with Crippen LogP contribution in [0, 0.1) is 0 Å². The molecule has 0 aromatic carbocycles. The number of carbonyl (C=O) groups excluding carboxylic acids is 1. The largest absolute Gasteiger partial charge is 1.00 e. The predicted octanol–water partition coefficient (Wildman–Crippen LogP) is -9.93. The standard InChI is InChI=1S/C4H10NO8P.2Na/c6-2(1-13-14(10,11)12)3(7)4(8)5-9;;/h2-3,6-7,9H,1H2,(H,5,8)(H2,10,11,12);;/q;2*+1/p-2/t2-,3-;;/m1../s1. The van der Waals surface area contributed by atoms with Gasteiger partial charge in [-0.15, -0.1) is 0 Å². The van der Waals surface area contributed by atoms with Crippen LogP contribution in [0.2, 0.25) is 0 Å². The van der Waals surface area contributed by atoms with Crippen LogP contribution in [0.3, 0.4) is 0 Å². The molecule has 0 aliphatic heterocycles. The van der Waals surface area contributed by atoms with Gasteiger partial charge in [-0.05, 0) is 0 Å². The number of hydrogen-bond donors (Lipinski definition) is 4. The van der Waals surface area contributed by atoms with E-state index in [9.17, 15) is 19.1 Å². The van der Waals surface area contributed by atoms with Crippen molar-refractivity contribution in [2.75, 3.05) is 6.61 Å². The molecule has 9 nitrogen and oxygen atoms in total. The van der Waals surface area contributed by atoms with Gasteiger partial charge in [0.15, 0.2) is 6.10 Å². The van der Waals surface area contributed by atoms with Gasteiger partial charge in [0, 0.05) is 0 Å². The second kappa shape index (κ2) is 10.4. The van der Waals surface area contributed by atoms with Gasteiger partial charge in [0.1, 0.15) is 6.10 Å². The summed E-state index contributed by atoms with van der Waals surface area (Å²) in [5, 5.41) is 25.6. The number of aliphatic hydroxyl groups excluding tert-OH is 2. The van der Waals surface area contributed by atoms with Crippen molar-refractivity contribution >= 4 is 13.7 Å². The fraction of sp³-hybridized carbons (Fsp3) is 0.750. The maximum Gasteiger partial charge on any atom is 1.00 e. The zero-order valence-electron chi connectivity index (χ0n) is 8.69. The van der Waals surface area contributed by atoms with E-state index in [0.717, 1.165) is 5.48 Å². The number of hydrogen-bond acceptors (Lipinski definition) is 8. The summed E-state index contributed by atoms with van der Waals surface area (Å²) in [5.74, 6) is -1.35. The van der Waals surface area contributed by atoms with Crippen LogP contribution < -0.4 is 74.4 Å². The quantitative estimate of drug-likeness (QED) is 0.166. The second-order valence-corrected chi connectivity index (χ2v) is 3.38. The fourth-order valence-electron chi connectivity index (χ4n) is 0.500. The summed E-state index contributed by atoms with van der Waals surface area (Å²) in [6, 6.07) is 0. The molecule has 0 radical (unpaired) electrons. The van der Waals surface area contributed by atoms with Gasteiger partial charge < -0.3 is 29.1 Å². The van der Waals surface area contributed by atoms with E-state index >= 15 is 0 Å². The topological polar surface area (TPSA) is 162 Å². The zero-order valence-corrected chi connectivity index (χ0v) is 13.6. The molecule has 12 heteroatoms. The SMILES string of the molecule is O=C(NO)[C@H](O)[C@H](O)COP(=O)([O-])[O-].[Na+].[Na+]. The van der Waals surface area contributed by atoms with Crippen LogP contribution in [-0.2, 0) is 13.9 Å². The molecule has 4 N–H and O–H groups in total. The van der Waals surface area contributed by atoms with Gasteiger partial charge in [0.25, 0.3) is 5.91 Å². The molecular weight excluding hydrogens is 267 g/mol. The molecule has 0 bridgehead atoms. The third-order valence-electron chi connectivity index (χ3n) is 1.15. The first kappa shape index (κ1) is 22.6. The fourth-order valence-corrected chi connectivity index (χ4v) is 0.835. The van der Waals surface area contributed by atoms with Gasteiger partial charge >= 0.3 is 59.1 Å². The van der Waals surface area contributed by atoms with E-state index in [1.165, 1.54) is 0 Å². The van der Waals surface area contributed by atoms with Crippen LogP contribution in [0.15, 0.2) is 0 Å². The first-order valence-electron chi connectivity index (χ1n) is 3.24. The van der Waals surface area contributed by atoms with Crippen LogP contribution in [0.5, 0.6) is 0 Å². The van der Waals surface area contributed by atoms with Crippen molar-refractivity contribution in [1.82, 2.24) is 5.48 Å². The number of aliphatic hydroxyl groups is 2. The van der Waals surface area contributed by atoms with Gasteiger partial charge in [-0.2, -0.15) is 0 Å². The first-order valence-corrected chi connectivity index (χ1v) is 4.70. The summed E-state index contributed by atoms with van der Waals surface area (Å²) >= 11 is 0. The van der Waals surface area contributed by atoms with Crippen LogP contribution >= 0.6 is 7.82 Å². The Kier molecular flexibility index (Phi) is 14.7. The first-order chi connectivity index (χ1) is 6.28. The van der Waals surface area contributed by atoms with Gasteiger partial charge in [-0.1, -0.05) is 0 Å². The Bertz CT molecular complexity index is 246. The van der Waals surface area contributed by atoms with E-state index in [0.29, 0.717) is 0 Å². The molecule has 0 heterocycles. The molecule has 1 amide bonds.